The van der Waals surface area contributed by atoms with Gasteiger partial charge in [-0.25, -0.2) is 9.78 Å². The number of hydrogen-bond acceptors (Lipinski definition) is 3. The van der Waals surface area contributed by atoms with Crippen LogP contribution in [0.5, 0.6) is 0 Å². The van der Waals surface area contributed by atoms with Gasteiger partial charge in [0.1, 0.15) is 5.82 Å². The molecule has 0 aliphatic rings. The van der Waals surface area contributed by atoms with Gasteiger partial charge in [-0.05, 0) is 12.1 Å². The maximum Gasteiger partial charge on any atom is 0.471 e. The third-order valence-electron chi connectivity index (χ3n) is 1.51. The van der Waals surface area contributed by atoms with Crippen molar-refractivity contribution in [3.05, 3.63) is 18.3 Å². The molecular weight excluding hydrogens is 243 g/mol. The Morgan fingerprint density at radius 2 is 1.88 bits per heavy atom. The van der Waals surface area contributed by atoms with Crippen molar-refractivity contribution >= 4 is 23.5 Å². The van der Waals surface area contributed by atoms with E-state index in [1.54, 1.807) is 0 Å². The smallest absolute Gasteiger partial charge is 0.465 e. The second kappa shape index (κ2) is 4.68. The van der Waals surface area contributed by atoms with Crippen LogP contribution in [0, 0.1) is 0 Å². The summed E-state index contributed by atoms with van der Waals surface area (Å²) in [6, 6.07) is 2.20. The van der Waals surface area contributed by atoms with Crippen molar-refractivity contribution in [2.45, 2.75) is 6.18 Å². The van der Waals surface area contributed by atoms with Gasteiger partial charge in [0.05, 0.1) is 11.9 Å². The number of rotatable bonds is 2. The quantitative estimate of drug-likeness (QED) is 0.743. The van der Waals surface area contributed by atoms with E-state index in [2.05, 4.69) is 4.98 Å². The zero-order chi connectivity index (χ0) is 13.1. The molecule has 0 bridgehead atoms. The number of nitrogens with one attached hydrogen (secondary N) is 2. The van der Waals surface area contributed by atoms with Crippen LogP contribution in [0.3, 0.4) is 0 Å². The number of carboxylic acid groups (broad SMARTS) is 1. The van der Waals surface area contributed by atoms with Crippen LogP contribution in [0.25, 0.3) is 0 Å². The van der Waals surface area contributed by atoms with Crippen LogP contribution in [-0.4, -0.2) is 28.3 Å². The van der Waals surface area contributed by atoms with Crippen LogP contribution < -0.4 is 10.6 Å². The first-order chi connectivity index (χ1) is 7.79. The maximum atomic E-state index is 11.9. The van der Waals surface area contributed by atoms with Gasteiger partial charge in [-0.1, -0.05) is 0 Å². The Morgan fingerprint density at radius 3 is 2.29 bits per heavy atom. The van der Waals surface area contributed by atoms with Gasteiger partial charge in [0, 0.05) is 0 Å². The molecule has 1 heterocycles. The Morgan fingerprint density at radius 1 is 1.24 bits per heavy atom. The van der Waals surface area contributed by atoms with Crippen molar-refractivity contribution in [2.75, 3.05) is 10.6 Å². The Bertz CT molecular complexity index is 430. The van der Waals surface area contributed by atoms with E-state index in [9.17, 15) is 22.8 Å². The highest BCUT2D eigenvalue weighted by Crippen LogP contribution is 2.17. The zero-order valence-electron chi connectivity index (χ0n) is 8.08. The molecule has 0 unspecified atom stereocenters. The lowest BCUT2D eigenvalue weighted by molar-refractivity contribution is -0.167. The van der Waals surface area contributed by atoms with E-state index in [0.717, 1.165) is 18.3 Å². The van der Waals surface area contributed by atoms with E-state index in [1.165, 1.54) is 5.32 Å². The number of halogens is 3. The summed E-state index contributed by atoms with van der Waals surface area (Å²) in [7, 11) is 0. The minimum Gasteiger partial charge on any atom is -0.465 e. The van der Waals surface area contributed by atoms with Crippen molar-refractivity contribution in [2.24, 2.45) is 0 Å². The summed E-state index contributed by atoms with van der Waals surface area (Å²) in [5.74, 6) is -2.48. The number of alkyl halides is 3. The van der Waals surface area contributed by atoms with E-state index < -0.39 is 18.2 Å². The lowest BCUT2D eigenvalue weighted by atomic mass is 10.4. The van der Waals surface area contributed by atoms with Crippen molar-refractivity contribution in [1.29, 1.82) is 0 Å². The van der Waals surface area contributed by atoms with E-state index in [4.69, 9.17) is 5.11 Å². The zero-order valence-corrected chi connectivity index (χ0v) is 8.08. The summed E-state index contributed by atoms with van der Waals surface area (Å²) in [6.07, 6.45) is -5.36. The largest absolute Gasteiger partial charge is 0.471 e. The SMILES string of the molecule is O=C(O)Nc1ccc(NC(=O)C(F)(F)F)nc1. The average Bonchev–Trinajstić information content (AvgIpc) is 2.18. The molecule has 3 N–H and O–H groups in total. The highest BCUT2D eigenvalue weighted by Gasteiger charge is 2.38. The monoisotopic (exact) mass is 249 g/mol. The second-order valence-corrected chi connectivity index (χ2v) is 2.81. The summed E-state index contributed by atoms with van der Waals surface area (Å²) in [6.45, 7) is 0. The van der Waals surface area contributed by atoms with Gasteiger partial charge in [-0.3, -0.25) is 10.1 Å². The summed E-state index contributed by atoms with van der Waals surface area (Å²) in [5, 5.41) is 11.8. The molecule has 0 radical (unpaired) electrons. The van der Waals surface area contributed by atoms with Gasteiger partial charge in [-0.2, -0.15) is 13.2 Å². The number of amides is 2. The molecule has 0 saturated heterocycles. The Balaban J connectivity index is 2.69. The topological polar surface area (TPSA) is 91.3 Å². The lowest BCUT2D eigenvalue weighted by Crippen LogP contribution is -2.30. The maximum absolute atomic E-state index is 11.9. The predicted molar refractivity (Wildman–Crippen MR) is 50.6 cm³/mol. The summed E-state index contributed by atoms with van der Waals surface area (Å²) in [5.41, 5.74) is 0.0718. The fourth-order valence-corrected chi connectivity index (χ4v) is 0.852. The first kappa shape index (κ1) is 12.7. The standard InChI is InChI=1S/C8H6F3N3O3/c9-8(10,11)6(15)14-5-2-1-4(3-12-5)13-7(16)17/h1-3,13H,(H,16,17)(H,12,14,15). The molecule has 0 aliphatic carbocycles. The van der Waals surface area contributed by atoms with Crippen molar-refractivity contribution in [1.82, 2.24) is 4.98 Å². The Hall–Kier alpha value is -2.32. The highest BCUT2D eigenvalue weighted by molar-refractivity contribution is 5.94. The highest BCUT2D eigenvalue weighted by atomic mass is 19.4. The number of carbonyl (C=O) groups is 2. The van der Waals surface area contributed by atoms with Gasteiger partial charge >= 0.3 is 18.2 Å². The van der Waals surface area contributed by atoms with E-state index in [1.807, 2.05) is 5.32 Å². The molecule has 92 valence electrons. The van der Waals surface area contributed by atoms with E-state index in [0.29, 0.717) is 0 Å². The molecule has 0 aromatic carbocycles. The second-order valence-electron chi connectivity index (χ2n) is 2.81. The third-order valence-corrected chi connectivity index (χ3v) is 1.51. The molecule has 1 aromatic rings. The van der Waals surface area contributed by atoms with Crippen molar-refractivity contribution in [3.8, 4) is 0 Å². The third kappa shape index (κ3) is 3.97. The Labute approximate surface area is 92.5 Å². The molecular formula is C8H6F3N3O3. The number of aromatic nitrogens is 1. The number of hydrogen-bond donors (Lipinski definition) is 3. The molecule has 0 spiro atoms. The minimum atomic E-state index is -5.00. The Kier molecular flexibility index (Phi) is 3.51. The van der Waals surface area contributed by atoms with Gasteiger partial charge < -0.3 is 10.4 Å². The molecule has 1 rings (SSSR count). The number of nitrogens with zero attached hydrogens (tertiary/aromatic N) is 1. The lowest BCUT2D eigenvalue weighted by Gasteiger charge is -2.07. The van der Waals surface area contributed by atoms with Gasteiger partial charge in [-0.15, -0.1) is 0 Å². The molecule has 0 aliphatic heterocycles. The van der Waals surface area contributed by atoms with Crippen LogP contribution in [0.15, 0.2) is 18.3 Å². The molecule has 9 heteroatoms. The van der Waals surface area contributed by atoms with Crippen LogP contribution in [0.2, 0.25) is 0 Å². The minimum absolute atomic E-state index is 0.0718. The van der Waals surface area contributed by atoms with Crippen molar-refractivity contribution in [3.63, 3.8) is 0 Å². The summed E-state index contributed by atoms with van der Waals surface area (Å²) in [4.78, 5) is 24.1. The summed E-state index contributed by atoms with van der Waals surface area (Å²) < 4.78 is 35.6. The van der Waals surface area contributed by atoms with Crippen molar-refractivity contribution < 1.29 is 27.9 Å². The van der Waals surface area contributed by atoms with Crippen LogP contribution in [0.1, 0.15) is 0 Å². The molecule has 2 amide bonds. The number of pyridine rings is 1. The number of carbonyl (C=O) groups excluding carboxylic acids is 1. The number of anilines is 2. The fraction of sp³-hybridized carbons (Fsp3) is 0.125. The van der Waals surface area contributed by atoms with Gasteiger partial charge in [0.2, 0.25) is 0 Å². The van der Waals surface area contributed by atoms with Crippen LogP contribution >= 0.6 is 0 Å². The normalized spacial score (nSPS) is 10.8. The average molecular weight is 249 g/mol. The van der Waals surface area contributed by atoms with E-state index >= 15 is 0 Å². The summed E-state index contributed by atoms with van der Waals surface area (Å²) >= 11 is 0. The van der Waals surface area contributed by atoms with Gasteiger partial charge in [0.25, 0.3) is 0 Å². The molecule has 17 heavy (non-hydrogen) atoms. The van der Waals surface area contributed by atoms with Crippen LogP contribution in [-0.2, 0) is 4.79 Å². The first-order valence-electron chi connectivity index (χ1n) is 4.13. The molecule has 0 saturated carbocycles. The predicted octanol–water partition coefficient (Wildman–Crippen LogP) is 1.67. The molecule has 6 nitrogen and oxygen atoms in total. The van der Waals surface area contributed by atoms with Gasteiger partial charge in [0.15, 0.2) is 0 Å². The molecule has 0 fully saturated rings. The fourth-order valence-electron chi connectivity index (χ4n) is 0.852. The van der Waals surface area contributed by atoms with Crippen LogP contribution in [0.4, 0.5) is 29.5 Å². The van der Waals surface area contributed by atoms with E-state index in [-0.39, 0.29) is 11.5 Å². The first-order valence-corrected chi connectivity index (χ1v) is 4.13. The molecule has 0 atom stereocenters. The molecule has 1 aromatic heterocycles.